The summed E-state index contributed by atoms with van der Waals surface area (Å²) in [6, 6.07) is 17.1. The minimum Gasteiger partial charge on any atom is -0.471 e. The monoisotopic (exact) mass is 293 g/mol. The van der Waals surface area contributed by atoms with Crippen LogP contribution in [0.15, 0.2) is 54.6 Å². The maximum Gasteiger partial charge on any atom is 0.222 e. The predicted molar refractivity (Wildman–Crippen MR) is 84.6 cm³/mol. The SMILES string of the molecule is CC(=O)Nc1cccc(COc2ccc3ccccc3n2)n1. The van der Waals surface area contributed by atoms with Gasteiger partial charge in [0.15, 0.2) is 0 Å². The fourth-order valence-electron chi connectivity index (χ4n) is 2.09. The van der Waals surface area contributed by atoms with Crippen LogP contribution in [0.25, 0.3) is 10.9 Å². The van der Waals surface area contributed by atoms with Gasteiger partial charge in [0.25, 0.3) is 0 Å². The molecule has 1 amide bonds. The summed E-state index contributed by atoms with van der Waals surface area (Å²) >= 11 is 0. The number of nitrogens with zero attached hydrogens (tertiary/aromatic N) is 2. The summed E-state index contributed by atoms with van der Waals surface area (Å²) in [6.45, 7) is 1.74. The molecule has 1 aromatic carbocycles. The number of amides is 1. The van der Waals surface area contributed by atoms with Crippen LogP contribution >= 0.6 is 0 Å². The van der Waals surface area contributed by atoms with E-state index in [1.165, 1.54) is 6.92 Å². The zero-order valence-corrected chi connectivity index (χ0v) is 12.1. The third-order valence-electron chi connectivity index (χ3n) is 3.05. The van der Waals surface area contributed by atoms with Crippen molar-refractivity contribution in [3.05, 3.63) is 60.3 Å². The number of pyridine rings is 2. The second-order valence-electron chi connectivity index (χ2n) is 4.83. The summed E-state index contributed by atoms with van der Waals surface area (Å²) in [5, 5.41) is 3.72. The third-order valence-corrected chi connectivity index (χ3v) is 3.05. The molecule has 3 aromatic rings. The number of fused-ring (bicyclic) bond motifs is 1. The molecule has 1 N–H and O–H groups in total. The lowest BCUT2D eigenvalue weighted by Crippen LogP contribution is -2.09. The molecular formula is C17H15N3O2. The molecule has 5 heteroatoms. The molecule has 0 radical (unpaired) electrons. The lowest BCUT2D eigenvalue weighted by molar-refractivity contribution is -0.114. The Kier molecular flexibility index (Phi) is 3.96. The molecule has 0 saturated carbocycles. The van der Waals surface area contributed by atoms with Gasteiger partial charge in [-0.1, -0.05) is 24.3 Å². The van der Waals surface area contributed by atoms with E-state index >= 15 is 0 Å². The molecule has 22 heavy (non-hydrogen) atoms. The normalized spacial score (nSPS) is 10.4. The van der Waals surface area contributed by atoms with Crippen molar-refractivity contribution in [3.8, 4) is 5.88 Å². The molecule has 5 nitrogen and oxygen atoms in total. The van der Waals surface area contributed by atoms with Gasteiger partial charge in [-0.2, -0.15) is 0 Å². The first-order chi connectivity index (χ1) is 10.7. The van der Waals surface area contributed by atoms with Gasteiger partial charge in [0.2, 0.25) is 11.8 Å². The van der Waals surface area contributed by atoms with Crippen LogP contribution in [0.2, 0.25) is 0 Å². The topological polar surface area (TPSA) is 64.1 Å². The molecule has 110 valence electrons. The Morgan fingerprint density at radius 3 is 2.77 bits per heavy atom. The standard InChI is InChI=1S/C17H15N3O2/c1-12(21)18-16-8-4-6-14(19-16)11-22-17-10-9-13-5-2-3-7-15(13)20-17/h2-10H,11H2,1H3,(H,18,19,21). The molecule has 0 fully saturated rings. The number of para-hydroxylation sites is 1. The maximum atomic E-state index is 11.0. The molecule has 0 spiro atoms. The van der Waals surface area contributed by atoms with Crippen molar-refractivity contribution in [1.82, 2.24) is 9.97 Å². The van der Waals surface area contributed by atoms with Crippen LogP contribution < -0.4 is 10.1 Å². The van der Waals surface area contributed by atoms with Gasteiger partial charge in [-0.25, -0.2) is 9.97 Å². The Balaban J connectivity index is 1.72. The van der Waals surface area contributed by atoms with Crippen LogP contribution in [0, 0.1) is 0 Å². The van der Waals surface area contributed by atoms with Crippen molar-refractivity contribution in [2.24, 2.45) is 0 Å². The van der Waals surface area contributed by atoms with E-state index in [1.807, 2.05) is 48.5 Å². The smallest absolute Gasteiger partial charge is 0.222 e. The molecule has 0 aliphatic carbocycles. The first-order valence-electron chi connectivity index (χ1n) is 6.93. The second kappa shape index (κ2) is 6.22. The number of anilines is 1. The highest BCUT2D eigenvalue weighted by Crippen LogP contribution is 2.17. The second-order valence-corrected chi connectivity index (χ2v) is 4.83. The van der Waals surface area contributed by atoms with Gasteiger partial charge in [0.1, 0.15) is 12.4 Å². The van der Waals surface area contributed by atoms with Gasteiger partial charge >= 0.3 is 0 Å². The van der Waals surface area contributed by atoms with E-state index in [-0.39, 0.29) is 5.91 Å². The highest BCUT2D eigenvalue weighted by molar-refractivity contribution is 5.87. The Hall–Kier alpha value is -2.95. The lowest BCUT2D eigenvalue weighted by atomic mass is 10.2. The van der Waals surface area contributed by atoms with Crippen LogP contribution in [0.5, 0.6) is 5.88 Å². The maximum absolute atomic E-state index is 11.0. The molecule has 0 unspecified atom stereocenters. The van der Waals surface area contributed by atoms with Crippen LogP contribution in [0.4, 0.5) is 5.82 Å². The van der Waals surface area contributed by atoms with Crippen LogP contribution in [0.3, 0.4) is 0 Å². The molecule has 2 heterocycles. The number of aromatic nitrogens is 2. The quantitative estimate of drug-likeness (QED) is 0.802. The number of hydrogen-bond acceptors (Lipinski definition) is 4. The van der Waals surface area contributed by atoms with Gasteiger partial charge in [0, 0.05) is 18.4 Å². The summed E-state index contributed by atoms with van der Waals surface area (Å²) < 4.78 is 5.67. The number of benzene rings is 1. The number of carbonyl (C=O) groups excluding carboxylic acids is 1. The van der Waals surface area contributed by atoms with Crippen molar-refractivity contribution in [2.45, 2.75) is 13.5 Å². The fourth-order valence-corrected chi connectivity index (χ4v) is 2.09. The Morgan fingerprint density at radius 1 is 1.05 bits per heavy atom. The highest BCUT2D eigenvalue weighted by Gasteiger charge is 2.03. The number of carbonyl (C=O) groups is 1. The molecule has 0 aliphatic heterocycles. The summed E-state index contributed by atoms with van der Waals surface area (Å²) in [5.74, 6) is 0.910. The van der Waals surface area contributed by atoms with Gasteiger partial charge < -0.3 is 10.1 Å². The molecule has 0 bridgehead atoms. The minimum atomic E-state index is -0.151. The van der Waals surface area contributed by atoms with E-state index in [4.69, 9.17) is 4.74 Å². The Labute approximate surface area is 128 Å². The molecular weight excluding hydrogens is 278 g/mol. The molecule has 0 atom stereocenters. The van der Waals surface area contributed by atoms with Gasteiger partial charge in [0.05, 0.1) is 11.2 Å². The lowest BCUT2D eigenvalue weighted by Gasteiger charge is -2.07. The summed E-state index contributed by atoms with van der Waals surface area (Å²) in [6.07, 6.45) is 0. The van der Waals surface area contributed by atoms with Crippen molar-refractivity contribution < 1.29 is 9.53 Å². The van der Waals surface area contributed by atoms with Gasteiger partial charge in [-0.05, 0) is 24.3 Å². The van der Waals surface area contributed by atoms with Crippen LogP contribution in [-0.4, -0.2) is 15.9 Å². The number of rotatable bonds is 4. The average Bonchev–Trinajstić information content (AvgIpc) is 2.52. The third kappa shape index (κ3) is 3.38. The zero-order chi connectivity index (χ0) is 15.4. The highest BCUT2D eigenvalue weighted by atomic mass is 16.5. The van der Waals surface area contributed by atoms with Crippen molar-refractivity contribution >= 4 is 22.6 Å². The van der Waals surface area contributed by atoms with E-state index in [9.17, 15) is 4.79 Å². The molecule has 0 saturated heterocycles. The van der Waals surface area contributed by atoms with Crippen molar-refractivity contribution in [3.63, 3.8) is 0 Å². The Morgan fingerprint density at radius 2 is 1.91 bits per heavy atom. The minimum absolute atomic E-state index is 0.151. The van der Waals surface area contributed by atoms with E-state index in [0.29, 0.717) is 18.3 Å². The largest absolute Gasteiger partial charge is 0.471 e. The summed E-state index contributed by atoms with van der Waals surface area (Å²) in [7, 11) is 0. The van der Waals surface area contributed by atoms with E-state index < -0.39 is 0 Å². The molecule has 0 aliphatic rings. The first kappa shape index (κ1) is 14.0. The van der Waals surface area contributed by atoms with Crippen LogP contribution in [-0.2, 0) is 11.4 Å². The molecule has 3 rings (SSSR count). The zero-order valence-electron chi connectivity index (χ0n) is 12.1. The van der Waals surface area contributed by atoms with Gasteiger partial charge in [-0.15, -0.1) is 0 Å². The summed E-state index contributed by atoms with van der Waals surface area (Å²) in [5.41, 5.74) is 1.61. The number of ether oxygens (including phenoxy) is 1. The summed E-state index contributed by atoms with van der Waals surface area (Å²) in [4.78, 5) is 19.8. The molecule has 2 aromatic heterocycles. The van der Waals surface area contributed by atoms with E-state index in [0.717, 1.165) is 16.6 Å². The van der Waals surface area contributed by atoms with Crippen molar-refractivity contribution in [2.75, 3.05) is 5.32 Å². The first-order valence-corrected chi connectivity index (χ1v) is 6.93. The predicted octanol–water partition coefficient (Wildman–Crippen LogP) is 3.17. The number of nitrogens with one attached hydrogen (secondary N) is 1. The van der Waals surface area contributed by atoms with E-state index in [1.54, 1.807) is 6.07 Å². The van der Waals surface area contributed by atoms with Crippen LogP contribution in [0.1, 0.15) is 12.6 Å². The number of hydrogen-bond donors (Lipinski definition) is 1. The van der Waals surface area contributed by atoms with E-state index in [2.05, 4.69) is 15.3 Å². The average molecular weight is 293 g/mol. The fraction of sp³-hybridized carbons (Fsp3) is 0.118. The van der Waals surface area contributed by atoms with Crippen molar-refractivity contribution in [1.29, 1.82) is 0 Å². The van der Waals surface area contributed by atoms with Gasteiger partial charge in [-0.3, -0.25) is 4.79 Å². The Bertz CT molecular complexity index is 818.